The van der Waals surface area contributed by atoms with Crippen molar-refractivity contribution in [2.75, 3.05) is 32.7 Å². The third-order valence-corrected chi connectivity index (χ3v) is 5.16. The van der Waals surface area contributed by atoms with Crippen molar-refractivity contribution >= 4 is 11.3 Å². The molecule has 1 saturated heterocycles. The maximum Gasteiger partial charge on any atom is 0.101 e. The molecule has 0 aliphatic carbocycles. The first-order valence-corrected chi connectivity index (χ1v) is 8.80. The van der Waals surface area contributed by atoms with Gasteiger partial charge in [-0.15, -0.1) is 11.3 Å². The molecule has 0 aromatic carbocycles. The number of rotatable bonds is 6. The smallest absolute Gasteiger partial charge is 0.101 e. The maximum absolute atomic E-state index is 10.2. The Morgan fingerprint density at radius 2 is 2.05 bits per heavy atom. The molecule has 3 heterocycles. The molecule has 0 radical (unpaired) electrons. The number of aromatic nitrogens is 2. The largest absolute Gasteiger partial charge is 0.386 e. The quantitative estimate of drug-likeness (QED) is 0.882. The van der Waals surface area contributed by atoms with Gasteiger partial charge < -0.3 is 5.11 Å². The number of aliphatic hydroxyl groups excluding tert-OH is 1. The van der Waals surface area contributed by atoms with Crippen LogP contribution in [0.15, 0.2) is 29.9 Å². The highest BCUT2D eigenvalue weighted by Gasteiger charge is 2.20. The number of aryl methyl sites for hydroxylation is 1. The summed E-state index contributed by atoms with van der Waals surface area (Å²) in [6, 6.07) is 4.01. The normalized spacial score (nSPS) is 18.6. The third kappa shape index (κ3) is 3.95. The Bertz CT molecular complexity index is 560. The van der Waals surface area contributed by atoms with Gasteiger partial charge in [-0.05, 0) is 18.4 Å². The summed E-state index contributed by atoms with van der Waals surface area (Å²) < 4.78 is 1.98. The molecule has 120 valence electrons. The summed E-state index contributed by atoms with van der Waals surface area (Å²) in [6.45, 7) is 8.88. The van der Waals surface area contributed by atoms with Crippen LogP contribution in [0, 0.1) is 0 Å². The summed E-state index contributed by atoms with van der Waals surface area (Å²) in [5, 5.41) is 16.6. The fraction of sp³-hybridized carbons (Fsp3) is 0.562. The van der Waals surface area contributed by atoms with E-state index in [4.69, 9.17) is 0 Å². The second kappa shape index (κ2) is 7.37. The van der Waals surface area contributed by atoms with Gasteiger partial charge in [-0.25, -0.2) is 0 Å². The zero-order valence-corrected chi connectivity index (χ0v) is 13.9. The van der Waals surface area contributed by atoms with E-state index < -0.39 is 0 Å². The molecule has 6 heteroatoms. The van der Waals surface area contributed by atoms with E-state index in [1.165, 1.54) is 5.56 Å². The van der Waals surface area contributed by atoms with Crippen molar-refractivity contribution in [1.29, 1.82) is 0 Å². The lowest BCUT2D eigenvalue weighted by Gasteiger charge is -2.35. The van der Waals surface area contributed by atoms with Crippen molar-refractivity contribution in [3.05, 3.63) is 40.3 Å². The molecule has 0 bridgehead atoms. The van der Waals surface area contributed by atoms with E-state index in [0.717, 1.165) is 50.7 Å². The van der Waals surface area contributed by atoms with Crippen LogP contribution in [0.1, 0.15) is 23.5 Å². The van der Waals surface area contributed by atoms with Gasteiger partial charge >= 0.3 is 0 Å². The van der Waals surface area contributed by atoms with Gasteiger partial charge in [0.2, 0.25) is 0 Å². The van der Waals surface area contributed by atoms with Crippen LogP contribution >= 0.6 is 11.3 Å². The zero-order valence-electron chi connectivity index (χ0n) is 13.1. The molecule has 0 spiro atoms. The van der Waals surface area contributed by atoms with Gasteiger partial charge in [-0.3, -0.25) is 14.5 Å². The van der Waals surface area contributed by atoms with Crippen molar-refractivity contribution in [1.82, 2.24) is 19.6 Å². The first kappa shape index (κ1) is 15.7. The number of nitrogens with zero attached hydrogens (tertiary/aromatic N) is 4. The lowest BCUT2D eigenvalue weighted by molar-refractivity contribution is 0.0716. The van der Waals surface area contributed by atoms with Crippen molar-refractivity contribution in [3.8, 4) is 0 Å². The molecule has 0 saturated carbocycles. The molecule has 0 amide bonds. The van der Waals surface area contributed by atoms with Crippen LogP contribution < -0.4 is 0 Å². The Morgan fingerprint density at radius 1 is 1.27 bits per heavy atom. The molecule has 22 heavy (non-hydrogen) atoms. The van der Waals surface area contributed by atoms with Crippen molar-refractivity contribution < 1.29 is 5.11 Å². The lowest BCUT2D eigenvalue weighted by Crippen LogP contribution is -2.46. The van der Waals surface area contributed by atoms with Gasteiger partial charge in [0.05, 0.1) is 6.20 Å². The number of β-amino-alcohol motifs (C(OH)–C–C–N with tert-alkyl or cyclic N) is 1. The van der Waals surface area contributed by atoms with E-state index in [9.17, 15) is 5.11 Å². The minimum absolute atomic E-state index is 0.352. The molecular formula is C16H24N4OS. The van der Waals surface area contributed by atoms with Gasteiger partial charge in [-0.1, -0.05) is 6.07 Å². The average molecular weight is 320 g/mol. The summed E-state index contributed by atoms with van der Waals surface area (Å²) in [7, 11) is 0. The molecule has 1 atom stereocenters. The van der Waals surface area contributed by atoms with E-state index in [2.05, 4.69) is 28.0 Å². The number of aliphatic hydroxyl groups is 1. The second-order valence-electron chi connectivity index (χ2n) is 5.81. The predicted molar refractivity (Wildman–Crippen MR) is 88.9 cm³/mol. The van der Waals surface area contributed by atoms with Crippen LogP contribution in [-0.4, -0.2) is 57.4 Å². The highest BCUT2D eigenvalue weighted by Crippen LogP contribution is 2.20. The Kier molecular flexibility index (Phi) is 5.25. The molecule has 0 unspecified atom stereocenters. The van der Waals surface area contributed by atoms with E-state index in [0.29, 0.717) is 0 Å². The minimum Gasteiger partial charge on any atom is -0.386 e. The maximum atomic E-state index is 10.2. The fourth-order valence-electron chi connectivity index (χ4n) is 2.86. The Morgan fingerprint density at radius 3 is 2.68 bits per heavy atom. The van der Waals surface area contributed by atoms with E-state index >= 15 is 0 Å². The van der Waals surface area contributed by atoms with Crippen molar-refractivity contribution in [2.45, 2.75) is 26.1 Å². The average Bonchev–Trinajstić information content (AvgIpc) is 3.20. The topological polar surface area (TPSA) is 44.5 Å². The lowest BCUT2D eigenvalue weighted by atomic mass is 10.2. The molecule has 1 fully saturated rings. The summed E-state index contributed by atoms with van der Waals surface area (Å²) >= 11 is 1.63. The molecule has 2 aromatic heterocycles. The van der Waals surface area contributed by atoms with Crippen molar-refractivity contribution in [2.24, 2.45) is 0 Å². The highest BCUT2D eigenvalue weighted by atomic mass is 32.1. The number of hydrogen-bond donors (Lipinski definition) is 1. The Labute approximate surface area is 135 Å². The Hall–Kier alpha value is -1.21. The number of thiophene rings is 1. The highest BCUT2D eigenvalue weighted by molar-refractivity contribution is 7.10. The standard InChI is InChI=1S/C16H24N4OS/c1-2-20-12-14(10-17-20)11-18-5-7-19(8-6-18)13-15(21)16-4-3-9-22-16/h3-4,9-10,12,15,21H,2,5-8,11,13H2,1H3/t15-/m0/s1. The Balaban J connectivity index is 1.44. The SMILES string of the molecule is CCn1cc(CN2CCN(C[C@H](O)c3cccs3)CC2)cn1. The van der Waals surface area contributed by atoms with E-state index in [1.807, 2.05) is 28.4 Å². The second-order valence-corrected chi connectivity index (χ2v) is 6.79. The summed E-state index contributed by atoms with van der Waals surface area (Å²) in [6.07, 6.45) is 3.75. The molecule has 3 rings (SSSR count). The summed E-state index contributed by atoms with van der Waals surface area (Å²) in [5.41, 5.74) is 1.29. The van der Waals surface area contributed by atoms with Crippen LogP contribution in [0.2, 0.25) is 0 Å². The molecule has 1 aliphatic rings. The van der Waals surface area contributed by atoms with Gasteiger partial charge in [0.15, 0.2) is 0 Å². The minimum atomic E-state index is -0.352. The van der Waals surface area contributed by atoms with E-state index in [-0.39, 0.29) is 6.10 Å². The van der Waals surface area contributed by atoms with Gasteiger partial charge in [0, 0.05) is 62.5 Å². The molecule has 2 aromatic rings. The molecular weight excluding hydrogens is 296 g/mol. The third-order valence-electron chi connectivity index (χ3n) is 4.18. The summed E-state index contributed by atoms with van der Waals surface area (Å²) in [5.74, 6) is 0. The van der Waals surface area contributed by atoms with Gasteiger partial charge in [-0.2, -0.15) is 5.10 Å². The first-order valence-electron chi connectivity index (χ1n) is 7.92. The first-order chi connectivity index (χ1) is 10.7. The van der Waals surface area contributed by atoms with Crippen molar-refractivity contribution in [3.63, 3.8) is 0 Å². The zero-order chi connectivity index (χ0) is 15.4. The molecule has 1 aliphatic heterocycles. The summed E-state index contributed by atoms with van der Waals surface area (Å²) in [4.78, 5) is 5.89. The van der Waals surface area contributed by atoms with Gasteiger partial charge in [0.25, 0.3) is 0 Å². The van der Waals surface area contributed by atoms with E-state index in [1.54, 1.807) is 11.3 Å². The molecule has 1 N–H and O–H groups in total. The van der Waals surface area contributed by atoms with Crippen LogP contribution in [0.4, 0.5) is 0 Å². The van der Waals surface area contributed by atoms with Crippen LogP contribution in [-0.2, 0) is 13.1 Å². The number of hydrogen-bond acceptors (Lipinski definition) is 5. The predicted octanol–water partition coefficient (Wildman–Crippen LogP) is 1.82. The van der Waals surface area contributed by atoms with Crippen LogP contribution in [0.25, 0.3) is 0 Å². The number of piperazine rings is 1. The fourth-order valence-corrected chi connectivity index (χ4v) is 3.57. The molecule has 5 nitrogen and oxygen atoms in total. The van der Waals surface area contributed by atoms with Crippen LogP contribution in [0.5, 0.6) is 0 Å². The van der Waals surface area contributed by atoms with Crippen LogP contribution in [0.3, 0.4) is 0 Å². The van der Waals surface area contributed by atoms with Gasteiger partial charge in [0.1, 0.15) is 6.10 Å². The monoisotopic (exact) mass is 320 g/mol.